The first-order chi connectivity index (χ1) is 9.04. The predicted octanol–water partition coefficient (Wildman–Crippen LogP) is 3.18. The first kappa shape index (κ1) is 13.9. The second kappa shape index (κ2) is 6.08. The summed E-state index contributed by atoms with van der Waals surface area (Å²) in [4.78, 5) is 14.9. The van der Waals surface area contributed by atoms with E-state index < -0.39 is 0 Å². The zero-order chi connectivity index (χ0) is 13.8. The molecule has 0 saturated heterocycles. The summed E-state index contributed by atoms with van der Waals surface area (Å²) in [7, 11) is 1.79. The summed E-state index contributed by atoms with van der Waals surface area (Å²) in [5, 5.41) is 0. The molecule has 0 saturated carbocycles. The fourth-order valence-electron chi connectivity index (χ4n) is 1.77. The van der Waals surface area contributed by atoms with Gasteiger partial charge in [0.05, 0.1) is 17.3 Å². The Labute approximate surface area is 121 Å². The van der Waals surface area contributed by atoms with Crippen LogP contribution >= 0.6 is 22.9 Å². The lowest BCUT2D eigenvalue weighted by Gasteiger charge is -2.16. The van der Waals surface area contributed by atoms with Crippen molar-refractivity contribution in [1.82, 2.24) is 4.90 Å². The van der Waals surface area contributed by atoms with E-state index in [1.165, 1.54) is 11.3 Å². The fraction of sp³-hybridized carbons (Fsp3) is 0.214. The monoisotopic (exact) mass is 294 g/mol. The number of halogens is 1. The molecule has 0 atom stereocenters. The van der Waals surface area contributed by atoms with Crippen LogP contribution in [0.3, 0.4) is 0 Å². The van der Waals surface area contributed by atoms with Crippen molar-refractivity contribution in [3.8, 4) is 0 Å². The van der Waals surface area contributed by atoms with Crippen LogP contribution in [0.2, 0.25) is 4.34 Å². The highest BCUT2D eigenvalue weighted by atomic mass is 35.5. The van der Waals surface area contributed by atoms with E-state index in [0.717, 1.165) is 14.8 Å². The standard InChI is InChI=1S/C14H15ClN2OS/c1-17(9-12-5-6-13(15)19-12)14(18)8-10-3-2-4-11(16)7-10/h2-7H,8-9,16H2,1H3. The average Bonchev–Trinajstić information content (AvgIpc) is 2.74. The Morgan fingerprint density at radius 1 is 1.37 bits per heavy atom. The first-order valence-corrected chi connectivity index (χ1v) is 7.06. The Kier molecular flexibility index (Phi) is 4.45. The number of likely N-dealkylation sites (N-methyl/N-ethyl adjacent to an activating group) is 1. The molecule has 1 aromatic heterocycles. The molecule has 2 aromatic rings. The van der Waals surface area contributed by atoms with Crippen LogP contribution in [-0.4, -0.2) is 17.9 Å². The molecule has 2 rings (SSSR count). The number of nitrogen functional groups attached to an aromatic ring is 1. The zero-order valence-corrected chi connectivity index (χ0v) is 12.2. The van der Waals surface area contributed by atoms with E-state index in [0.29, 0.717) is 18.7 Å². The van der Waals surface area contributed by atoms with E-state index in [4.69, 9.17) is 17.3 Å². The van der Waals surface area contributed by atoms with Gasteiger partial charge in [0.25, 0.3) is 0 Å². The first-order valence-electron chi connectivity index (χ1n) is 5.87. The van der Waals surface area contributed by atoms with E-state index >= 15 is 0 Å². The minimum absolute atomic E-state index is 0.0649. The summed E-state index contributed by atoms with van der Waals surface area (Å²) in [6.45, 7) is 0.582. The van der Waals surface area contributed by atoms with Crippen molar-refractivity contribution in [1.29, 1.82) is 0 Å². The molecule has 5 heteroatoms. The van der Waals surface area contributed by atoms with Crippen LogP contribution in [0.5, 0.6) is 0 Å². The third-order valence-electron chi connectivity index (χ3n) is 2.75. The highest BCUT2D eigenvalue weighted by Gasteiger charge is 2.11. The summed E-state index contributed by atoms with van der Waals surface area (Å²) in [5.74, 6) is 0.0649. The third-order valence-corrected chi connectivity index (χ3v) is 3.97. The predicted molar refractivity (Wildman–Crippen MR) is 80.4 cm³/mol. The topological polar surface area (TPSA) is 46.3 Å². The summed E-state index contributed by atoms with van der Waals surface area (Å²) in [6.07, 6.45) is 0.362. The third kappa shape index (κ3) is 3.98. The van der Waals surface area contributed by atoms with E-state index in [-0.39, 0.29) is 5.91 Å². The molecule has 0 spiro atoms. The Morgan fingerprint density at radius 3 is 2.79 bits per heavy atom. The van der Waals surface area contributed by atoms with Gasteiger partial charge in [-0.25, -0.2) is 0 Å². The lowest BCUT2D eigenvalue weighted by Crippen LogP contribution is -2.27. The maximum absolute atomic E-state index is 12.1. The average molecular weight is 295 g/mol. The Hall–Kier alpha value is -1.52. The van der Waals surface area contributed by atoms with Crippen molar-refractivity contribution in [3.05, 3.63) is 51.2 Å². The highest BCUT2D eigenvalue weighted by molar-refractivity contribution is 7.16. The molecule has 1 aromatic carbocycles. The van der Waals surface area contributed by atoms with E-state index in [2.05, 4.69) is 0 Å². The molecule has 2 N–H and O–H groups in total. The number of hydrogen-bond donors (Lipinski definition) is 1. The minimum Gasteiger partial charge on any atom is -0.399 e. The van der Waals surface area contributed by atoms with Crippen LogP contribution in [0.1, 0.15) is 10.4 Å². The normalized spacial score (nSPS) is 10.4. The van der Waals surface area contributed by atoms with Gasteiger partial charge in [-0.1, -0.05) is 23.7 Å². The molecular weight excluding hydrogens is 280 g/mol. The maximum atomic E-state index is 12.1. The second-order valence-electron chi connectivity index (χ2n) is 4.38. The summed E-state index contributed by atoms with van der Waals surface area (Å²) in [6, 6.07) is 11.2. The van der Waals surface area contributed by atoms with Gasteiger partial charge in [-0.2, -0.15) is 0 Å². The van der Waals surface area contributed by atoms with Crippen molar-refractivity contribution in [2.45, 2.75) is 13.0 Å². The lowest BCUT2D eigenvalue weighted by atomic mass is 10.1. The van der Waals surface area contributed by atoms with Gasteiger partial charge in [0.15, 0.2) is 0 Å². The fourth-order valence-corrected chi connectivity index (χ4v) is 2.91. The zero-order valence-electron chi connectivity index (χ0n) is 10.6. The second-order valence-corrected chi connectivity index (χ2v) is 6.18. The Bertz CT molecular complexity index is 582. The van der Waals surface area contributed by atoms with Crippen LogP contribution in [-0.2, 0) is 17.8 Å². The highest BCUT2D eigenvalue weighted by Crippen LogP contribution is 2.22. The van der Waals surface area contributed by atoms with Crippen LogP contribution in [0, 0.1) is 0 Å². The van der Waals surface area contributed by atoms with E-state index in [1.54, 1.807) is 11.9 Å². The van der Waals surface area contributed by atoms with Gasteiger partial charge < -0.3 is 10.6 Å². The number of carbonyl (C=O) groups excluding carboxylic acids is 1. The number of carbonyl (C=O) groups is 1. The number of rotatable bonds is 4. The van der Waals surface area contributed by atoms with Gasteiger partial charge in [0, 0.05) is 17.6 Å². The smallest absolute Gasteiger partial charge is 0.227 e. The van der Waals surface area contributed by atoms with Gasteiger partial charge in [-0.3, -0.25) is 4.79 Å². The molecule has 1 heterocycles. The molecular formula is C14H15ClN2OS. The Morgan fingerprint density at radius 2 is 2.16 bits per heavy atom. The minimum atomic E-state index is 0.0649. The van der Waals surface area contributed by atoms with E-state index in [1.807, 2.05) is 36.4 Å². The van der Waals surface area contributed by atoms with Gasteiger partial charge in [-0.05, 0) is 29.8 Å². The van der Waals surface area contributed by atoms with Crippen LogP contribution in [0.4, 0.5) is 5.69 Å². The van der Waals surface area contributed by atoms with Crippen LogP contribution in [0.25, 0.3) is 0 Å². The van der Waals surface area contributed by atoms with Gasteiger partial charge in [0.1, 0.15) is 0 Å². The molecule has 0 unspecified atom stereocenters. The molecule has 0 aliphatic heterocycles. The van der Waals surface area contributed by atoms with Crippen LogP contribution in [0.15, 0.2) is 36.4 Å². The van der Waals surface area contributed by atoms with E-state index in [9.17, 15) is 4.79 Å². The number of amides is 1. The SMILES string of the molecule is CN(Cc1ccc(Cl)s1)C(=O)Cc1cccc(N)c1. The molecule has 0 fully saturated rings. The summed E-state index contributed by atoms with van der Waals surface area (Å²) in [5.41, 5.74) is 7.31. The van der Waals surface area contributed by atoms with Crippen molar-refractivity contribution >= 4 is 34.5 Å². The van der Waals surface area contributed by atoms with Gasteiger partial charge in [0.2, 0.25) is 5.91 Å². The Balaban J connectivity index is 1.96. The molecule has 19 heavy (non-hydrogen) atoms. The quantitative estimate of drug-likeness (QED) is 0.880. The summed E-state index contributed by atoms with van der Waals surface area (Å²) >= 11 is 7.37. The van der Waals surface area contributed by atoms with Gasteiger partial charge >= 0.3 is 0 Å². The molecule has 3 nitrogen and oxygen atoms in total. The molecule has 1 amide bonds. The maximum Gasteiger partial charge on any atom is 0.227 e. The van der Waals surface area contributed by atoms with Crippen molar-refractivity contribution in [2.24, 2.45) is 0 Å². The van der Waals surface area contributed by atoms with Crippen molar-refractivity contribution in [3.63, 3.8) is 0 Å². The number of benzene rings is 1. The molecule has 0 aliphatic rings. The molecule has 0 radical (unpaired) electrons. The summed E-state index contributed by atoms with van der Waals surface area (Å²) < 4.78 is 0.742. The molecule has 100 valence electrons. The lowest BCUT2D eigenvalue weighted by molar-refractivity contribution is -0.129. The number of nitrogens with zero attached hydrogens (tertiary/aromatic N) is 1. The van der Waals surface area contributed by atoms with Crippen molar-refractivity contribution in [2.75, 3.05) is 12.8 Å². The van der Waals surface area contributed by atoms with Gasteiger partial charge in [-0.15, -0.1) is 11.3 Å². The molecule has 0 bridgehead atoms. The van der Waals surface area contributed by atoms with Crippen molar-refractivity contribution < 1.29 is 4.79 Å². The number of anilines is 1. The largest absolute Gasteiger partial charge is 0.399 e. The number of nitrogens with two attached hydrogens (primary N) is 1. The number of thiophene rings is 1. The number of hydrogen-bond acceptors (Lipinski definition) is 3. The van der Waals surface area contributed by atoms with Crippen LogP contribution < -0.4 is 5.73 Å². The molecule has 0 aliphatic carbocycles.